The van der Waals surface area contributed by atoms with E-state index in [0.717, 1.165) is 34.0 Å². The number of fused-ring (bicyclic) bond motifs is 1. The van der Waals surface area contributed by atoms with Crippen LogP contribution in [0.2, 0.25) is 0 Å². The van der Waals surface area contributed by atoms with Crippen LogP contribution >= 0.6 is 0 Å². The Hall–Kier alpha value is -2.78. The van der Waals surface area contributed by atoms with Crippen LogP contribution in [-0.2, 0) is 0 Å². The first kappa shape index (κ1) is 16.6. The van der Waals surface area contributed by atoms with Gasteiger partial charge in [0, 0.05) is 23.6 Å². The number of hydrogen-bond acceptors (Lipinski definition) is 3. The molecule has 0 saturated carbocycles. The third-order valence-corrected chi connectivity index (χ3v) is 3.70. The average molecular weight is 307 g/mol. The standard InChI is InChI=1S/C18H21N5/c1-5-10-21-18(20-4)16(12(3)6-2)17(19)13-8-7-9-15-14(13)11-22-23-15/h5,7-9,11,19H,6H2,1-4H3,(H,22,23)/b16-12+,19-17?,20-18?. The Bertz CT molecular complexity index is 845. The van der Waals surface area contributed by atoms with Crippen molar-refractivity contribution < 1.29 is 0 Å². The summed E-state index contributed by atoms with van der Waals surface area (Å²) < 4.78 is 0. The molecule has 2 rings (SSSR count). The van der Waals surface area contributed by atoms with Gasteiger partial charge in [-0.15, -0.1) is 0 Å². The number of hydrogen-bond donors (Lipinski definition) is 2. The minimum Gasteiger partial charge on any atom is -0.299 e. The average Bonchev–Trinajstić information content (AvgIpc) is 3.06. The van der Waals surface area contributed by atoms with E-state index in [1.54, 1.807) is 19.3 Å². The zero-order valence-electron chi connectivity index (χ0n) is 13.9. The van der Waals surface area contributed by atoms with Crippen LogP contribution < -0.4 is 0 Å². The van der Waals surface area contributed by atoms with E-state index in [1.807, 2.05) is 32.0 Å². The van der Waals surface area contributed by atoms with E-state index < -0.39 is 0 Å². The van der Waals surface area contributed by atoms with E-state index in [4.69, 9.17) is 5.41 Å². The van der Waals surface area contributed by atoms with Gasteiger partial charge in [-0.05, 0) is 38.3 Å². The van der Waals surface area contributed by atoms with E-state index in [0.29, 0.717) is 11.5 Å². The van der Waals surface area contributed by atoms with Crippen molar-refractivity contribution in [2.45, 2.75) is 27.2 Å². The summed E-state index contributed by atoms with van der Waals surface area (Å²) in [6, 6.07) is 5.79. The molecule has 2 N–H and O–H groups in total. The van der Waals surface area contributed by atoms with Gasteiger partial charge in [-0.3, -0.25) is 15.5 Å². The van der Waals surface area contributed by atoms with Crippen molar-refractivity contribution in [3.8, 4) is 0 Å². The van der Waals surface area contributed by atoms with Gasteiger partial charge in [0.1, 0.15) is 0 Å². The smallest absolute Gasteiger partial charge is 0.166 e. The number of aromatic amines is 1. The molecule has 0 fully saturated rings. The first-order valence-corrected chi connectivity index (χ1v) is 7.56. The maximum absolute atomic E-state index is 8.73. The minimum absolute atomic E-state index is 0.401. The summed E-state index contributed by atoms with van der Waals surface area (Å²) in [4.78, 5) is 8.52. The van der Waals surface area contributed by atoms with Crippen LogP contribution in [0, 0.1) is 5.41 Å². The van der Waals surface area contributed by atoms with Gasteiger partial charge in [-0.2, -0.15) is 10.1 Å². The van der Waals surface area contributed by atoms with Gasteiger partial charge in [0.05, 0.1) is 17.4 Å². The van der Waals surface area contributed by atoms with Crippen LogP contribution in [-0.4, -0.2) is 34.7 Å². The lowest BCUT2D eigenvalue weighted by atomic mass is 9.94. The van der Waals surface area contributed by atoms with Gasteiger partial charge in [-0.25, -0.2) is 0 Å². The lowest BCUT2D eigenvalue weighted by Crippen LogP contribution is -2.14. The molecule has 23 heavy (non-hydrogen) atoms. The maximum atomic E-state index is 8.73. The summed E-state index contributed by atoms with van der Waals surface area (Å²) in [7, 11) is 1.69. The van der Waals surface area contributed by atoms with Gasteiger partial charge in [0.2, 0.25) is 0 Å². The summed E-state index contributed by atoms with van der Waals surface area (Å²) in [5.41, 5.74) is 3.94. The summed E-state index contributed by atoms with van der Waals surface area (Å²) >= 11 is 0. The normalized spacial score (nSPS) is 12.6. The molecular formula is C18H21N5. The monoisotopic (exact) mass is 307 g/mol. The van der Waals surface area contributed by atoms with E-state index in [2.05, 4.69) is 33.0 Å². The highest BCUT2D eigenvalue weighted by atomic mass is 15.1. The quantitative estimate of drug-likeness (QED) is 0.651. The number of nitrogens with one attached hydrogen (secondary N) is 2. The predicted molar refractivity (Wildman–Crippen MR) is 97.0 cm³/mol. The molecule has 0 radical (unpaired) electrons. The maximum Gasteiger partial charge on any atom is 0.166 e. The third-order valence-electron chi connectivity index (χ3n) is 3.70. The number of aliphatic imine (C=N–C) groups is 2. The Morgan fingerprint density at radius 2 is 2.22 bits per heavy atom. The van der Waals surface area contributed by atoms with E-state index >= 15 is 0 Å². The first-order chi connectivity index (χ1) is 11.1. The van der Waals surface area contributed by atoms with E-state index in [1.165, 1.54) is 0 Å². The fourth-order valence-corrected chi connectivity index (χ4v) is 2.36. The van der Waals surface area contributed by atoms with Crippen LogP contribution in [0.15, 0.2) is 51.6 Å². The van der Waals surface area contributed by atoms with Crippen molar-refractivity contribution in [2.24, 2.45) is 9.98 Å². The number of benzene rings is 1. The molecule has 0 saturated heterocycles. The highest BCUT2D eigenvalue weighted by Crippen LogP contribution is 2.23. The molecule has 1 aromatic heterocycles. The predicted octanol–water partition coefficient (Wildman–Crippen LogP) is 3.93. The third kappa shape index (κ3) is 3.35. The van der Waals surface area contributed by atoms with Gasteiger partial charge >= 0.3 is 0 Å². The molecular weight excluding hydrogens is 286 g/mol. The van der Waals surface area contributed by atoms with Crippen molar-refractivity contribution in [1.82, 2.24) is 10.2 Å². The van der Waals surface area contributed by atoms with Crippen LogP contribution in [0.3, 0.4) is 0 Å². The Labute approximate surface area is 136 Å². The molecule has 118 valence electrons. The molecule has 1 aromatic carbocycles. The zero-order valence-corrected chi connectivity index (χ0v) is 13.9. The zero-order chi connectivity index (χ0) is 16.8. The van der Waals surface area contributed by atoms with Crippen molar-refractivity contribution >= 4 is 28.3 Å². The summed E-state index contributed by atoms with van der Waals surface area (Å²) in [6.07, 6.45) is 4.30. The molecule has 0 amide bonds. The molecule has 0 bridgehead atoms. The molecule has 2 aromatic rings. The summed E-state index contributed by atoms with van der Waals surface area (Å²) in [6.45, 7) is 5.92. The largest absolute Gasteiger partial charge is 0.299 e. The summed E-state index contributed by atoms with van der Waals surface area (Å²) in [5.74, 6) is 3.34. The van der Waals surface area contributed by atoms with Crippen molar-refractivity contribution in [2.75, 3.05) is 7.05 Å². The number of amidine groups is 1. The van der Waals surface area contributed by atoms with Crippen molar-refractivity contribution in [1.29, 1.82) is 5.41 Å². The molecule has 0 atom stereocenters. The number of rotatable bonds is 4. The second-order valence-corrected chi connectivity index (χ2v) is 5.10. The number of aromatic nitrogens is 2. The van der Waals surface area contributed by atoms with Gasteiger partial charge in [-0.1, -0.05) is 24.6 Å². The van der Waals surface area contributed by atoms with E-state index in [-0.39, 0.29) is 0 Å². The molecule has 0 aliphatic heterocycles. The first-order valence-electron chi connectivity index (χ1n) is 7.56. The minimum atomic E-state index is 0.401. The van der Waals surface area contributed by atoms with Crippen LogP contribution in [0.1, 0.15) is 32.8 Å². The van der Waals surface area contributed by atoms with Gasteiger partial charge in [0.25, 0.3) is 0 Å². The fourth-order valence-electron chi connectivity index (χ4n) is 2.36. The molecule has 0 aliphatic rings. The molecule has 1 heterocycles. The SMILES string of the molecule is CC=C=NC(=NC)/C(C(=N)c1cccc2[nH]ncc12)=C(\C)CC. The number of allylic oxidation sites excluding steroid dienone is 2. The Morgan fingerprint density at radius 1 is 1.43 bits per heavy atom. The van der Waals surface area contributed by atoms with Crippen LogP contribution in [0.25, 0.3) is 10.9 Å². The van der Waals surface area contributed by atoms with E-state index in [9.17, 15) is 0 Å². The molecule has 0 unspecified atom stereocenters. The Morgan fingerprint density at radius 3 is 2.87 bits per heavy atom. The molecule has 5 heteroatoms. The number of H-pyrrole nitrogens is 1. The summed E-state index contributed by atoms with van der Waals surface area (Å²) in [5, 5.41) is 16.7. The Balaban J connectivity index is 2.64. The second kappa shape index (κ2) is 7.47. The Kier molecular flexibility index (Phi) is 5.39. The highest BCUT2D eigenvalue weighted by Gasteiger charge is 2.18. The lowest BCUT2D eigenvalue weighted by molar-refractivity contribution is 1.09. The van der Waals surface area contributed by atoms with Gasteiger partial charge < -0.3 is 0 Å². The topological polar surface area (TPSA) is 77.2 Å². The van der Waals surface area contributed by atoms with Crippen LogP contribution in [0.4, 0.5) is 0 Å². The molecule has 0 aliphatic carbocycles. The molecule has 0 spiro atoms. The highest BCUT2D eigenvalue weighted by molar-refractivity contribution is 6.32. The molecule has 5 nitrogen and oxygen atoms in total. The van der Waals surface area contributed by atoms with Crippen LogP contribution in [0.5, 0.6) is 0 Å². The second-order valence-electron chi connectivity index (χ2n) is 5.10. The fraction of sp³-hybridized carbons (Fsp3) is 0.278. The lowest BCUT2D eigenvalue weighted by Gasteiger charge is -2.13. The number of nitrogens with zero attached hydrogens (tertiary/aromatic N) is 3. The van der Waals surface area contributed by atoms with Crippen molar-refractivity contribution in [3.63, 3.8) is 0 Å². The van der Waals surface area contributed by atoms with Crippen molar-refractivity contribution in [3.05, 3.63) is 47.2 Å². The van der Waals surface area contributed by atoms with Gasteiger partial charge in [0.15, 0.2) is 5.84 Å².